The Kier molecular flexibility index (Phi) is 6.54. The molecule has 0 aliphatic rings. The van der Waals surface area contributed by atoms with E-state index in [1.165, 1.54) is 16.3 Å². The van der Waals surface area contributed by atoms with Crippen LogP contribution < -0.4 is 0 Å². The van der Waals surface area contributed by atoms with Crippen LogP contribution >= 0.6 is 39.5 Å². The number of hydrogen-bond acceptors (Lipinski definition) is 0. The quantitative estimate of drug-likeness (QED) is 0.359. The van der Waals surface area contributed by atoms with Gasteiger partial charge < -0.3 is 0 Å². The second-order valence-electron chi connectivity index (χ2n) is 2.85. The van der Waals surface area contributed by atoms with Gasteiger partial charge in [0.2, 0.25) is 0 Å². The van der Waals surface area contributed by atoms with Gasteiger partial charge in [-0.3, -0.25) is 0 Å². The van der Waals surface area contributed by atoms with Crippen LogP contribution in [-0.2, 0) is 10.1 Å². The number of halogens is 2. The van der Waals surface area contributed by atoms with Gasteiger partial charge in [0.05, 0.1) is 0 Å². The van der Waals surface area contributed by atoms with Crippen LogP contribution in [-0.4, -0.2) is 0 Å². The first-order valence-corrected chi connectivity index (χ1v) is 14.4. The van der Waals surface area contributed by atoms with Crippen LogP contribution in [0.1, 0.15) is 5.56 Å². The van der Waals surface area contributed by atoms with Crippen LogP contribution in [0.25, 0.3) is 10.8 Å². The first kappa shape index (κ1) is 12.9. The first-order chi connectivity index (χ1) is 6.79. The zero-order valence-electron chi connectivity index (χ0n) is 7.65. The van der Waals surface area contributed by atoms with Crippen molar-refractivity contribution in [1.29, 1.82) is 0 Å². The van der Waals surface area contributed by atoms with Crippen LogP contribution in [0.2, 0.25) is 0 Å². The summed E-state index contributed by atoms with van der Waals surface area (Å²) in [6.45, 7) is 2.14. The van der Waals surface area contributed by atoms with Crippen molar-refractivity contribution in [1.82, 2.24) is 0 Å². The number of benzene rings is 2. The summed E-state index contributed by atoms with van der Waals surface area (Å²) in [4.78, 5) is 0. The minimum atomic E-state index is 0.650. The topological polar surface area (TPSA) is 0 Å². The van der Waals surface area contributed by atoms with Gasteiger partial charge in [0, 0.05) is 0 Å². The van der Waals surface area contributed by atoms with Gasteiger partial charge in [-0.25, -0.2) is 0 Å². The standard InChI is InChI=1S/C11H10.2HI.Ru/c1-9-5-4-7-10-6-2-3-8-11(9)10;;;/h2-8H,1H3;2*1H;/q;;;+2/p-2. The molecule has 0 bridgehead atoms. The molecule has 0 amide bonds. The van der Waals surface area contributed by atoms with Crippen LogP contribution in [0.15, 0.2) is 42.5 Å². The predicted octanol–water partition coefficient (Wildman–Crippen LogP) is 4.92. The molecule has 0 aromatic heterocycles. The van der Waals surface area contributed by atoms with E-state index in [2.05, 4.69) is 88.9 Å². The second-order valence-corrected chi connectivity index (χ2v) is 16.2. The predicted molar refractivity (Wildman–Crippen MR) is 76.7 cm³/mol. The average molecular weight is 497 g/mol. The van der Waals surface area contributed by atoms with Crippen molar-refractivity contribution in [3.63, 3.8) is 0 Å². The molecule has 0 aliphatic heterocycles. The van der Waals surface area contributed by atoms with Crippen molar-refractivity contribution in [2.24, 2.45) is 0 Å². The summed E-state index contributed by atoms with van der Waals surface area (Å²) in [5, 5.41) is 2.68. The Bertz CT molecular complexity index is 396. The van der Waals surface area contributed by atoms with Crippen molar-refractivity contribution in [3.8, 4) is 0 Å². The molecule has 3 heteroatoms. The minimum absolute atomic E-state index is 0.650. The van der Waals surface area contributed by atoms with Crippen molar-refractivity contribution in [2.75, 3.05) is 0 Å². The molecular weight excluding hydrogens is 487 g/mol. The second kappa shape index (κ2) is 7.12. The Morgan fingerprint density at radius 2 is 1.50 bits per heavy atom. The monoisotopic (exact) mass is 498 g/mol. The fourth-order valence-corrected chi connectivity index (χ4v) is 1.39. The summed E-state index contributed by atoms with van der Waals surface area (Å²) in [6.07, 6.45) is 0. The summed E-state index contributed by atoms with van der Waals surface area (Å²) in [5.74, 6) is 0. The van der Waals surface area contributed by atoms with Crippen LogP contribution in [0.5, 0.6) is 0 Å². The molecule has 0 nitrogen and oxygen atoms in total. The van der Waals surface area contributed by atoms with Crippen molar-refractivity contribution in [3.05, 3.63) is 48.0 Å². The molecule has 2 rings (SSSR count). The van der Waals surface area contributed by atoms with Gasteiger partial charge in [-0.15, -0.1) is 0 Å². The number of fused-ring (bicyclic) bond motifs is 1. The molecule has 14 heavy (non-hydrogen) atoms. The van der Waals surface area contributed by atoms with E-state index in [0.29, 0.717) is 10.1 Å². The maximum atomic E-state index is 2.37. The molecule has 0 saturated carbocycles. The number of rotatable bonds is 0. The first-order valence-electron chi connectivity index (χ1n) is 4.09. The van der Waals surface area contributed by atoms with Gasteiger partial charge >= 0.3 is 49.6 Å². The summed E-state index contributed by atoms with van der Waals surface area (Å²) in [6, 6.07) is 14.8. The summed E-state index contributed by atoms with van der Waals surface area (Å²) < 4.78 is 0. The molecule has 0 unspecified atom stereocenters. The summed E-state index contributed by atoms with van der Waals surface area (Å²) in [7, 11) is 0.650. The van der Waals surface area contributed by atoms with Crippen LogP contribution in [0, 0.1) is 6.92 Å². The Morgan fingerprint density at radius 1 is 0.929 bits per heavy atom. The molecule has 0 heterocycles. The summed E-state index contributed by atoms with van der Waals surface area (Å²) in [5.41, 5.74) is 1.35. The molecule has 0 N–H and O–H groups in total. The van der Waals surface area contributed by atoms with Crippen LogP contribution in [0.4, 0.5) is 0 Å². The normalized spacial score (nSPS) is 9.64. The third kappa shape index (κ3) is 3.74. The number of hydrogen-bond donors (Lipinski definition) is 0. The number of aryl methyl sites for hydroxylation is 1. The molecule has 0 atom stereocenters. The van der Waals surface area contributed by atoms with Gasteiger partial charge in [-0.05, 0) is 23.3 Å². The van der Waals surface area contributed by atoms with E-state index in [1.54, 1.807) is 0 Å². The third-order valence-corrected chi connectivity index (χ3v) is 2.01. The molecule has 0 saturated heterocycles. The molecular formula is C11H10I2Ru. The van der Waals surface area contributed by atoms with Crippen molar-refractivity contribution in [2.45, 2.75) is 6.92 Å². The molecule has 0 fully saturated rings. The molecule has 0 spiro atoms. The van der Waals surface area contributed by atoms with E-state index in [1.807, 2.05) is 0 Å². The van der Waals surface area contributed by atoms with E-state index in [4.69, 9.17) is 0 Å². The average Bonchev–Trinajstić information content (AvgIpc) is 2.20. The molecule has 2 aromatic rings. The van der Waals surface area contributed by atoms with E-state index in [-0.39, 0.29) is 0 Å². The Balaban J connectivity index is 0.000000293. The van der Waals surface area contributed by atoms with Gasteiger partial charge in [0.25, 0.3) is 0 Å². The zero-order chi connectivity index (χ0) is 10.4. The molecule has 2 aromatic carbocycles. The van der Waals surface area contributed by atoms with E-state index < -0.39 is 0 Å². The van der Waals surface area contributed by atoms with Gasteiger partial charge in [-0.2, -0.15) is 0 Å². The fraction of sp³-hybridized carbons (Fsp3) is 0.0909. The maximum absolute atomic E-state index is 2.37. The molecule has 0 aliphatic carbocycles. The third-order valence-electron chi connectivity index (χ3n) is 2.01. The Labute approximate surface area is 114 Å². The summed E-state index contributed by atoms with van der Waals surface area (Å²) >= 11 is 4.73. The van der Waals surface area contributed by atoms with Crippen molar-refractivity contribution >= 4 is 50.3 Å². The fourth-order valence-electron chi connectivity index (χ4n) is 1.39. The Morgan fingerprint density at radius 3 is 2.14 bits per heavy atom. The van der Waals surface area contributed by atoms with Gasteiger partial charge in [-0.1, -0.05) is 42.5 Å². The van der Waals surface area contributed by atoms with E-state index >= 15 is 0 Å². The zero-order valence-corrected chi connectivity index (χ0v) is 13.7. The molecule has 76 valence electrons. The SMILES string of the molecule is Cc1cccc2ccccc12.[I][Ru][I]. The Hall–Kier alpha value is 0.783. The van der Waals surface area contributed by atoms with Crippen LogP contribution in [0.3, 0.4) is 0 Å². The van der Waals surface area contributed by atoms with E-state index in [0.717, 1.165) is 0 Å². The van der Waals surface area contributed by atoms with Gasteiger partial charge in [0.1, 0.15) is 0 Å². The van der Waals surface area contributed by atoms with E-state index in [9.17, 15) is 0 Å². The van der Waals surface area contributed by atoms with Gasteiger partial charge in [0.15, 0.2) is 0 Å². The van der Waals surface area contributed by atoms with Crippen molar-refractivity contribution < 1.29 is 10.1 Å². The molecule has 0 radical (unpaired) electrons.